The van der Waals surface area contributed by atoms with Crippen LogP contribution in [0.2, 0.25) is 0 Å². The van der Waals surface area contributed by atoms with Crippen molar-refractivity contribution in [1.29, 1.82) is 0 Å². The number of hydrogen-bond donors (Lipinski definition) is 2. The Morgan fingerprint density at radius 3 is 2.33 bits per heavy atom. The molecule has 108 valence electrons. The molecule has 0 aliphatic carbocycles. The number of esters is 1. The molecule has 0 unspecified atom stereocenters. The molecule has 21 heavy (non-hydrogen) atoms. The van der Waals surface area contributed by atoms with Gasteiger partial charge in [-0.3, -0.25) is 4.79 Å². The van der Waals surface area contributed by atoms with Crippen LogP contribution in [0.5, 0.6) is 11.5 Å². The summed E-state index contributed by atoms with van der Waals surface area (Å²) in [6.45, 7) is 1.49. The zero-order valence-corrected chi connectivity index (χ0v) is 11.4. The highest BCUT2D eigenvalue weighted by molar-refractivity contribution is 6.00. The number of benzene rings is 2. The quantitative estimate of drug-likeness (QED) is 0.666. The Labute approximate surface area is 121 Å². The van der Waals surface area contributed by atoms with Gasteiger partial charge >= 0.3 is 5.97 Å². The fourth-order valence-electron chi connectivity index (χ4n) is 1.72. The molecule has 0 saturated carbocycles. The third-order valence-electron chi connectivity index (χ3n) is 2.91. The lowest BCUT2D eigenvalue weighted by Crippen LogP contribution is -2.14. The number of Topliss-reactive ketones (excluding diaryl/α,β-unsaturated/α-hetero) is 1. The van der Waals surface area contributed by atoms with Gasteiger partial charge in [-0.1, -0.05) is 29.8 Å². The highest BCUT2D eigenvalue weighted by Gasteiger charge is 2.15. The summed E-state index contributed by atoms with van der Waals surface area (Å²) in [6, 6.07) is 10.4. The number of carbonyl (C=O) groups is 2. The molecular formula is C16H14O5. The van der Waals surface area contributed by atoms with Gasteiger partial charge in [0, 0.05) is 11.6 Å². The minimum Gasteiger partial charge on any atom is -0.508 e. The summed E-state index contributed by atoms with van der Waals surface area (Å²) < 4.78 is 4.87. The molecule has 2 aromatic rings. The summed E-state index contributed by atoms with van der Waals surface area (Å²) in [5.74, 6) is -1.72. The van der Waals surface area contributed by atoms with Gasteiger partial charge in [-0.15, -0.1) is 0 Å². The zero-order chi connectivity index (χ0) is 15.4. The molecule has 5 nitrogen and oxygen atoms in total. The van der Waals surface area contributed by atoms with Crippen LogP contribution in [0.15, 0.2) is 42.5 Å². The van der Waals surface area contributed by atoms with Gasteiger partial charge in [-0.25, -0.2) is 4.79 Å². The van der Waals surface area contributed by atoms with Crippen LogP contribution in [-0.2, 0) is 4.74 Å². The summed E-state index contributed by atoms with van der Waals surface area (Å²) in [5.41, 5.74) is 1.37. The van der Waals surface area contributed by atoms with Gasteiger partial charge in [0.25, 0.3) is 0 Å². The first-order valence-electron chi connectivity index (χ1n) is 6.26. The van der Waals surface area contributed by atoms with E-state index in [1.165, 1.54) is 12.1 Å². The van der Waals surface area contributed by atoms with Crippen molar-refractivity contribution in [2.75, 3.05) is 6.61 Å². The molecule has 0 spiro atoms. The summed E-state index contributed by atoms with van der Waals surface area (Å²) in [6.07, 6.45) is 0. The number of ketones is 1. The zero-order valence-electron chi connectivity index (χ0n) is 11.4. The first-order chi connectivity index (χ1) is 9.97. The maximum Gasteiger partial charge on any atom is 0.342 e. The molecule has 0 heterocycles. The third kappa shape index (κ3) is 3.60. The minimum absolute atomic E-state index is 0.107. The van der Waals surface area contributed by atoms with E-state index in [-0.39, 0.29) is 17.1 Å². The van der Waals surface area contributed by atoms with Crippen LogP contribution in [0, 0.1) is 6.92 Å². The molecule has 0 fully saturated rings. The smallest absolute Gasteiger partial charge is 0.342 e. The molecule has 2 aromatic carbocycles. The SMILES string of the molecule is Cc1ccc(C(=O)COC(=O)c2ccc(O)cc2O)cc1. The second-order valence-corrected chi connectivity index (χ2v) is 4.57. The number of ether oxygens (including phenoxy) is 1. The summed E-state index contributed by atoms with van der Waals surface area (Å²) in [7, 11) is 0. The molecule has 0 aliphatic rings. The molecule has 0 bridgehead atoms. The topological polar surface area (TPSA) is 83.8 Å². The normalized spacial score (nSPS) is 10.1. The third-order valence-corrected chi connectivity index (χ3v) is 2.91. The first kappa shape index (κ1) is 14.6. The second-order valence-electron chi connectivity index (χ2n) is 4.57. The summed E-state index contributed by atoms with van der Waals surface area (Å²) >= 11 is 0. The highest BCUT2D eigenvalue weighted by Crippen LogP contribution is 2.23. The molecule has 0 radical (unpaired) electrons. The predicted octanol–water partition coefficient (Wildman–Crippen LogP) is 2.45. The lowest BCUT2D eigenvalue weighted by molar-refractivity contribution is 0.0472. The Bertz CT molecular complexity index is 674. The van der Waals surface area contributed by atoms with Gasteiger partial charge in [0.05, 0.1) is 0 Å². The van der Waals surface area contributed by atoms with Gasteiger partial charge in [0.2, 0.25) is 0 Å². The van der Waals surface area contributed by atoms with E-state index in [0.29, 0.717) is 5.56 Å². The van der Waals surface area contributed by atoms with Crippen molar-refractivity contribution in [3.63, 3.8) is 0 Å². The van der Waals surface area contributed by atoms with Gasteiger partial charge in [-0.2, -0.15) is 0 Å². The average Bonchev–Trinajstić information content (AvgIpc) is 2.45. The number of phenolic OH excluding ortho intramolecular Hbond substituents is 2. The molecule has 5 heteroatoms. The van der Waals surface area contributed by atoms with Crippen molar-refractivity contribution in [1.82, 2.24) is 0 Å². The van der Waals surface area contributed by atoms with Crippen molar-refractivity contribution in [2.45, 2.75) is 6.92 Å². The van der Waals surface area contributed by atoms with Crippen LogP contribution in [0.3, 0.4) is 0 Å². The number of carbonyl (C=O) groups excluding carboxylic acids is 2. The van der Waals surface area contributed by atoms with Crippen LogP contribution < -0.4 is 0 Å². The van der Waals surface area contributed by atoms with E-state index in [4.69, 9.17) is 9.84 Å². The van der Waals surface area contributed by atoms with Gasteiger partial charge < -0.3 is 14.9 Å². The van der Waals surface area contributed by atoms with Crippen molar-refractivity contribution in [2.24, 2.45) is 0 Å². The van der Waals surface area contributed by atoms with Gasteiger partial charge in [0.1, 0.15) is 17.1 Å². The predicted molar refractivity (Wildman–Crippen MR) is 75.6 cm³/mol. The fourth-order valence-corrected chi connectivity index (χ4v) is 1.72. The molecule has 0 saturated heterocycles. The molecule has 2 rings (SSSR count). The van der Waals surface area contributed by atoms with E-state index in [1.54, 1.807) is 24.3 Å². The van der Waals surface area contributed by atoms with Crippen molar-refractivity contribution < 1.29 is 24.5 Å². The number of phenols is 2. The second kappa shape index (κ2) is 6.09. The van der Waals surface area contributed by atoms with Crippen molar-refractivity contribution in [3.8, 4) is 11.5 Å². The van der Waals surface area contributed by atoms with Crippen molar-refractivity contribution >= 4 is 11.8 Å². The lowest BCUT2D eigenvalue weighted by atomic mass is 10.1. The molecule has 0 aromatic heterocycles. The molecule has 0 atom stereocenters. The van der Waals surface area contributed by atoms with Crippen LogP contribution in [0.4, 0.5) is 0 Å². The molecular weight excluding hydrogens is 272 g/mol. The largest absolute Gasteiger partial charge is 0.508 e. The van der Waals surface area contributed by atoms with E-state index in [2.05, 4.69) is 0 Å². The Kier molecular flexibility index (Phi) is 4.23. The van der Waals surface area contributed by atoms with Gasteiger partial charge in [-0.05, 0) is 19.1 Å². The Balaban J connectivity index is 2.00. The van der Waals surface area contributed by atoms with Crippen LogP contribution >= 0.6 is 0 Å². The Hall–Kier alpha value is -2.82. The van der Waals surface area contributed by atoms with E-state index in [1.807, 2.05) is 6.92 Å². The monoisotopic (exact) mass is 286 g/mol. The van der Waals surface area contributed by atoms with Crippen LogP contribution in [-0.4, -0.2) is 28.6 Å². The number of hydrogen-bond acceptors (Lipinski definition) is 5. The van der Waals surface area contributed by atoms with E-state index >= 15 is 0 Å². The van der Waals surface area contributed by atoms with E-state index < -0.39 is 18.3 Å². The molecule has 0 amide bonds. The Morgan fingerprint density at radius 1 is 1.05 bits per heavy atom. The summed E-state index contributed by atoms with van der Waals surface area (Å²) in [4.78, 5) is 23.6. The van der Waals surface area contributed by atoms with Crippen LogP contribution in [0.25, 0.3) is 0 Å². The molecule has 2 N–H and O–H groups in total. The maximum absolute atomic E-state index is 11.9. The van der Waals surface area contributed by atoms with E-state index in [9.17, 15) is 14.7 Å². The van der Waals surface area contributed by atoms with Crippen molar-refractivity contribution in [3.05, 3.63) is 59.2 Å². The average molecular weight is 286 g/mol. The standard InChI is InChI=1S/C16H14O5/c1-10-2-4-11(5-3-10)15(19)9-21-16(20)13-7-6-12(17)8-14(13)18/h2-8,17-18H,9H2,1H3. The lowest BCUT2D eigenvalue weighted by Gasteiger charge is -2.06. The maximum atomic E-state index is 11.9. The number of aromatic hydroxyl groups is 2. The minimum atomic E-state index is -0.826. The summed E-state index contributed by atoms with van der Waals surface area (Å²) in [5, 5.41) is 18.7. The number of aryl methyl sites for hydroxylation is 1. The number of rotatable bonds is 4. The fraction of sp³-hybridized carbons (Fsp3) is 0.125. The highest BCUT2D eigenvalue weighted by atomic mass is 16.5. The first-order valence-corrected chi connectivity index (χ1v) is 6.26. The van der Waals surface area contributed by atoms with Gasteiger partial charge in [0.15, 0.2) is 12.4 Å². The molecule has 0 aliphatic heterocycles. The Morgan fingerprint density at radius 2 is 1.71 bits per heavy atom. The van der Waals surface area contributed by atoms with E-state index in [0.717, 1.165) is 11.6 Å². The van der Waals surface area contributed by atoms with Crippen LogP contribution in [0.1, 0.15) is 26.3 Å².